The van der Waals surface area contributed by atoms with Crippen molar-refractivity contribution in [1.82, 2.24) is 9.97 Å². The van der Waals surface area contributed by atoms with Crippen molar-refractivity contribution in [2.45, 2.75) is 6.61 Å². The van der Waals surface area contributed by atoms with Crippen molar-refractivity contribution in [3.05, 3.63) is 41.8 Å². The maximum absolute atomic E-state index is 5.43. The van der Waals surface area contributed by atoms with Gasteiger partial charge in [-0.25, -0.2) is 9.97 Å². The highest BCUT2D eigenvalue weighted by atomic mass is 32.1. The van der Waals surface area contributed by atoms with E-state index in [1.165, 1.54) is 0 Å². The summed E-state index contributed by atoms with van der Waals surface area (Å²) in [6, 6.07) is 5.66. The van der Waals surface area contributed by atoms with Crippen LogP contribution in [0.4, 0.5) is 0 Å². The van der Waals surface area contributed by atoms with E-state index in [1.54, 1.807) is 29.8 Å². The summed E-state index contributed by atoms with van der Waals surface area (Å²) >= 11 is 1.56. The maximum atomic E-state index is 5.43. The highest BCUT2D eigenvalue weighted by Crippen LogP contribution is 2.18. The first-order chi connectivity index (χ1) is 6.45. The molecule has 4 heteroatoms. The normalized spacial score (nSPS) is 9.85. The summed E-state index contributed by atoms with van der Waals surface area (Å²) in [5.41, 5.74) is 0. The largest absolute Gasteiger partial charge is 0.476 e. The van der Waals surface area contributed by atoms with Gasteiger partial charge in [0.05, 0.1) is 0 Å². The minimum absolute atomic E-state index is 0.432. The fraction of sp³-hybridized carbons (Fsp3) is 0.111. The van der Waals surface area contributed by atoms with Gasteiger partial charge in [-0.1, -0.05) is 0 Å². The Kier molecular flexibility index (Phi) is 2.52. The molecule has 0 radical (unpaired) electrons. The summed E-state index contributed by atoms with van der Waals surface area (Å²) in [6.45, 7) is 0.432. The van der Waals surface area contributed by atoms with Crippen LogP contribution in [0.1, 0.15) is 5.82 Å². The molecule has 13 heavy (non-hydrogen) atoms. The quantitative estimate of drug-likeness (QED) is 0.747. The molecular weight excluding hydrogens is 184 g/mol. The van der Waals surface area contributed by atoms with Crippen molar-refractivity contribution in [1.29, 1.82) is 0 Å². The van der Waals surface area contributed by atoms with Crippen molar-refractivity contribution in [3.8, 4) is 5.06 Å². The molecule has 0 amide bonds. The van der Waals surface area contributed by atoms with Crippen LogP contribution in [0.2, 0.25) is 0 Å². The van der Waals surface area contributed by atoms with E-state index in [1.807, 2.05) is 17.5 Å². The van der Waals surface area contributed by atoms with Crippen LogP contribution in [0.25, 0.3) is 0 Å². The lowest BCUT2D eigenvalue weighted by molar-refractivity contribution is 0.305. The Balaban J connectivity index is 1.94. The number of hydrogen-bond donors (Lipinski definition) is 0. The molecule has 0 spiro atoms. The Morgan fingerprint density at radius 2 is 2.08 bits per heavy atom. The van der Waals surface area contributed by atoms with E-state index in [0.717, 1.165) is 5.06 Å². The summed E-state index contributed by atoms with van der Waals surface area (Å²) < 4.78 is 5.43. The Morgan fingerprint density at radius 1 is 1.23 bits per heavy atom. The molecule has 0 N–H and O–H groups in total. The molecule has 0 saturated carbocycles. The lowest BCUT2D eigenvalue weighted by atomic mass is 10.6. The van der Waals surface area contributed by atoms with E-state index < -0.39 is 0 Å². The predicted molar refractivity (Wildman–Crippen MR) is 50.7 cm³/mol. The van der Waals surface area contributed by atoms with Crippen LogP contribution >= 0.6 is 11.3 Å². The second-order valence-corrected chi connectivity index (χ2v) is 3.30. The van der Waals surface area contributed by atoms with E-state index in [9.17, 15) is 0 Å². The predicted octanol–water partition coefficient (Wildman–Crippen LogP) is 2.12. The molecule has 0 aliphatic heterocycles. The Morgan fingerprint density at radius 3 is 2.77 bits per heavy atom. The van der Waals surface area contributed by atoms with Gasteiger partial charge >= 0.3 is 0 Å². The fourth-order valence-corrected chi connectivity index (χ4v) is 1.46. The number of aromatic nitrogens is 2. The van der Waals surface area contributed by atoms with Crippen LogP contribution in [0.5, 0.6) is 5.06 Å². The maximum Gasteiger partial charge on any atom is 0.174 e. The third-order valence-electron chi connectivity index (χ3n) is 1.46. The topological polar surface area (TPSA) is 35.0 Å². The van der Waals surface area contributed by atoms with Gasteiger partial charge in [-0.3, -0.25) is 0 Å². The van der Waals surface area contributed by atoms with Crippen molar-refractivity contribution in [2.24, 2.45) is 0 Å². The Hall–Kier alpha value is -1.42. The standard InChI is InChI=1S/C9H8N2OS/c1-3-9(13-6-1)12-7-8-10-4-2-5-11-8/h1-6H,7H2. The molecule has 2 aromatic rings. The lowest BCUT2D eigenvalue weighted by Gasteiger charge is -2.00. The summed E-state index contributed by atoms with van der Waals surface area (Å²) in [4.78, 5) is 8.09. The molecule has 0 bridgehead atoms. The highest BCUT2D eigenvalue weighted by molar-refractivity contribution is 7.11. The average molecular weight is 192 g/mol. The molecule has 0 atom stereocenters. The Bertz CT molecular complexity index is 347. The molecule has 2 aromatic heterocycles. The molecule has 0 aromatic carbocycles. The van der Waals surface area contributed by atoms with Crippen LogP contribution in [-0.4, -0.2) is 9.97 Å². The summed E-state index contributed by atoms with van der Waals surface area (Å²) in [5.74, 6) is 0.705. The molecule has 2 heterocycles. The summed E-state index contributed by atoms with van der Waals surface area (Å²) in [6.07, 6.45) is 3.42. The van der Waals surface area contributed by atoms with Crippen LogP contribution in [0.3, 0.4) is 0 Å². The third kappa shape index (κ3) is 2.26. The minimum Gasteiger partial charge on any atom is -0.476 e. The van der Waals surface area contributed by atoms with Gasteiger partial charge in [0.2, 0.25) is 0 Å². The number of thiophene rings is 1. The summed E-state index contributed by atoms with van der Waals surface area (Å²) in [5, 5.41) is 2.87. The van der Waals surface area contributed by atoms with Crippen molar-refractivity contribution in [3.63, 3.8) is 0 Å². The highest BCUT2D eigenvalue weighted by Gasteiger charge is 1.96. The number of rotatable bonds is 3. The number of hydrogen-bond acceptors (Lipinski definition) is 4. The van der Waals surface area contributed by atoms with Crippen LogP contribution in [0, 0.1) is 0 Å². The molecule has 0 unspecified atom stereocenters. The van der Waals surface area contributed by atoms with Gasteiger partial charge in [0.1, 0.15) is 6.61 Å². The first kappa shape index (κ1) is 8.19. The average Bonchev–Trinajstić information content (AvgIpc) is 2.69. The molecule has 3 nitrogen and oxygen atoms in total. The zero-order valence-corrected chi connectivity index (χ0v) is 7.70. The van der Waals surface area contributed by atoms with E-state index in [2.05, 4.69) is 9.97 Å². The van der Waals surface area contributed by atoms with E-state index in [4.69, 9.17) is 4.74 Å². The summed E-state index contributed by atoms with van der Waals surface area (Å²) in [7, 11) is 0. The zero-order valence-electron chi connectivity index (χ0n) is 6.88. The molecular formula is C9H8N2OS. The van der Waals surface area contributed by atoms with Gasteiger partial charge < -0.3 is 4.74 Å². The van der Waals surface area contributed by atoms with Gasteiger partial charge in [0.25, 0.3) is 0 Å². The number of nitrogens with zero attached hydrogens (tertiary/aromatic N) is 2. The first-order valence-corrected chi connectivity index (χ1v) is 4.75. The molecule has 2 rings (SSSR count). The van der Waals surface area contributed by atoms with Crippen LogP contribution in [0.15, 0.2) is 36.0 Å². The monoisotopic (exact) mass is 192 g/mol. The van der Waals surface area contributed by atoms with Crippen molar-refractivity contribution >= 4 is 11.3 Å². The Labute approximate surface area is 80.0 Å². The van der Waals surface area contributed by atoms with E-state index >= 15 is 0 Å². The third-order valence-corrected chi connectivity index (χ3v) is 2.24. The fourth-order valence-electron chi connectivity index (χ4n) is 0.886. The molecule has 0 fully saturated rings. The van der Waals surface area contributed by atoms with Crippen molar-refractivity contribution in [2.75, 3.05) is 0 Å². The number of ether oxygens (including phenoxy) is 1. The van der Waals surface area contributed by atoms with Gasteiger partial charge in [0, 0.05) is 12.4 Å². The first-order valence-electron chi connectivity index (χ1n) is 3.87. The molecule has 0 aliphatic carbocycles. The van der Waals surface area contributed by atoms with Crippen molar-refractivity contribution < 1.29 is 4.74 Å². The zero-order chi connectivity index (χ0) is 8.93. The molecule has 66 valence electrons. The second kappa shape index (κ2) is 4.00. The van der Waals surface area contributed by atoms with E-state index in [0.29, 0.717) is 12.4 Å². The van der Waals surface area contributed by atoms with Gasteiger partial charge in [-0.2, -0.15) is 0 Å². The minimum atomic E-state index is 0.432. The smallest absolute Gasteiger partial charge is 0.174 e. The van der Waals surface area contributed by atoms with Gasteiger partial charge in [-0.05, 0) is 23.6 Å². The van der Waals surface area contributed by atoms with Crippen LogP contribution < -0.4 is 4.74 Å². The SMILES string of the molecule is c1cnc(COc2cccs2)nc1. The second-order valence-electron chi connectivity index (χ2n) is 2.39. The molecule has 0 aliphatic rings. The van der Waals surface area contributed by atoms with Gasteiger partial charge in [0.15, 0.2) is 10.9 Å². The van der Waals surface area contributed by atoms with Gasteiger partial charge in [-0.15, -0.1) is 11.3 Å². The van der Waals surface area contributed by atoms with E-state index in [-0.39, 0.29) is 0 Å². The molecule has 0 saturated heterocycles. The lowest BCUT2D eigenvalue weighted by Crippen LogP contribution is -1.98. The van der Waals surface area contributed by atoms with Crippen LogP contribution in [-0.2, 0) is 6.61 Å².